The zero-order valence-electron chi connectivity index (χ0n) is 7.14. The lowest BCUT2D eigenvalue weighted by Crippen LogP contribution is -2.03. The van der Waals surface area contributed by atoms with Gasteiger partial charge in [-0.25, -0.2) is 4.72 Å². The maximum absolute atomic E-state index is 10.6. The Morgan fingerprint density at radius 3 is 2.93 bits per heavy atom. The maximum Gasteiger partial charge on any atom is 0.284 e. The number of nitrogens with zero attached hydrogens (tertiary/aromatic N) is 2. The second-order valence-electron chi connectivity index (χ2n) is 2.31. The van der Waals surface area contributed by atoms with Crippen LogP contribution in [0.1, 0.15) is 0 Å². The Hall–Kier alpha value is -1.58. The Bertz CT molecular complexity index is 375. The molecule has 0 aliphatic rings. The van der Waals surface area contributed by atoms with E-state index in [1.807, 2.05) is 6.07 Å². The van der Waals surface area contributed by atoms with E-state index < -0.39 is 4.92 Å². The van der Waals surface area contributed by atoms with Gasteiger partial charge in [-0.15, -0.1) is 0 Å². The van der Waals surface area contributed by atoms with Crippen LogP contribution in [0.3, 0.4) is 0 Å². The molecule has 0 saturated heterocycles. The SMILES string of the molecule is N#CCNSc1ccccc1[N+](=O)[O-]. The van der Waals surface area contributed by atoms with E-state index in [4.69, 9.17) is 5.26 Å². The number of para-hydroxylation sites is 1. The summed E-state index contributed by atoms with van der Waals surface area (Å²) in [6, 6.07) is 8.26. The molecule has 0 heterocycles. The van der Waals surface area contributed by atoms with Crippen LogP contribution in [0.2, 0.25) is 0 Å². The van der Waals surface area contributed by atoms with Gasteiger partial charge in [-0.3, -0.25) is 10.1 Å². The van der Waals surface area contributed by atoms with Crippen LogP contribution in [0.4, 0.5) is 5.69 Å². The summed E-state index contributed by atoms with van der Waals surface area (Å²) < 4.78 is 2.70. The summed E-state index contributed by atoms with van der Waals surface area (Å²) in [5, 5.41) is 18.8. The average molecular weight is 209 g/mol. The lowest BCUT2D eigenvalue weighted by molar-refractivity contribution is -0.387. The van der Waals surface area contributed by atoms with E-state index in [2.05, 4.69) is 4.72 Å². The molecule has 1 aromatic rings. The number of nitrogens with one attached hydrogen (secondary N) is 1. The molecule has 1 N–H and O–H groups in total. The highest BCUT2D eigenvalue weighted by Crippen LogP contribution is 2.25. The van der Waals surface area contributed by atoms with Crippen LogP contribution in [0.5, 0.6) is 0 Å². The Balaban J connectivity index is 2.75. The van der Waals surface area contributed by atoms with Gasteiger partial charge in [0.15, 0.2) is 0 Å². The van der Waals surface area contributed by atoms with Crippen molar-refractivity contribution in [2.24, 2.45) is 0 Å². The van der Waals surface area contributed by atoms with E-state index >= 15 is 0 Å². The zero-order valence-corrected chi connectivity index (χ0v) is 7.95. The molecule has 1 rings (SSSR count). The number of hydrogen-bond acceptors (Lipinski definition) is 5. The summed E-state index contributed by atoms with van der Waals surface area (Å²) in [5.41, 5.74) is 0.0444. The minimum absolute atomic E-state index is 0.0444. The monoisotopic (exact) mass is 209 g/mol. The zero-order chi connectivity index (χ0) is 10.4. The van der Waals surface area contributed by atoms with Crippen molar-refractivity contribution in [1.29, 1.82) is 5.26 Å². The van der Waals surface area contributed by atoms with Crippen molar-refractivity contribution in [3.8, 4) is 6.07 Å². The van der Waals surface area contributed by atoms with Crippen LogP contribution in [-0.4, -0.2) is 11.5 Å². The van der Waals surface area contributed by atoms with Crippen LogP contribution in [0.15, 0.2) is 29.2 Å². The van der Waals surface area contributed by atoms with Crippen molar-refractivity contribution in [3.05, 3.63) is 34.4 Å². The van der Waals surface area contributed by atoms with Crippen molar-refractivity contribution in [1.82, 2.24) is 4.72 Å². The smallest absolute Gasteiger partial charge is 0.258 e. The van der Waals surface area contributed by atoms with E-state index in [-0.39, 0.29) is 12.2 Å². The topological polar surface area (TPSA) is 79.0 Å². The number of nitro groups is 1. The highest BCUT2D eigenvalue weighted by atomic mass is 32.2. The summed E-state index contributed by atoms with van der Waals surface area (Å²) in [6.07, 6.45) is 0. The Labute approximate surface area is 85.0 Å². The number of nitriles is 1. The van der Waals surface area contributed by atoms with Gasteiger partial charge in [-0.2, -0.15) is 5.26 Å². The molecule has 14 heavy (non-hydrogen) atoms. The Morgan fingerprint density at radius 2 is 2.29 bits per heavy atom. The maximum atomic E-state index is 10.6. The molecule has 0 aliphatic heterocycles. The van der Waals surface area contributed by atoms with Gasteiger partial charge in [-0.05, 0) is 18.0 Å². The van der Waals surface area contributed by atoms with E-state index in [9.17, 15) is 10.1 Å². The molecule has 0 aromatic heterocycles. The molecule has 0 bridgehead atoms. The predicted octanol–water partition coefficient (Wildman–Crippen LogP) is 1.72. The first-order valence-corrected chi connectivity index (χ1v) is 4.57. The van der Waals surface area contributed by atoms with Gasteiger partial charge in [0.1, 0.15) is 4.90 Å². The van der Waals surface area contributed by atoms with Crippen LogP contribution >= 0.6 is 11.9 Å². The van der Waals surface area contributed by atoms with Gasteiger partial charge >= 0.3 is 0 Å². The van der Waals surface area contributed by atoms with Gasteiger partial charge in [0, 0.05) is 6.07 Å². The molecule has 5 nitrogen and oxygen atoms in total. The van der Waals surface area contributed by atoms with Crippen molar-refractivity contribution in [2.75, 3.05) is 6.54 Å². The molecule has 72 valence electrons. The van der Waals surface area contributed by atoms with Gasteiger partial charge in [-0.1, -0.05) is 12.1 Å². The third kappa shape index (κ3) is 2.73. The fraction of sp³-hybridized carbons (Fsp3) is 0.125. The summed E-state index contributed by atoms with van der Waals surface area (Å²) >= 11 is 1.09. The molecule has 0 fully saturated rings. The first kappa shape index (κ1) is 10.5. The van der Waals surface area contributed by atoms with Gasteiger partial charge in [0.2, 0.25) is 0 Å². The molecular formula is C8H7N3O2S. The molecule has 0 amide bonds. The second-order valence-corrected chi connectivity index (χ2v) is 3.24. The Kier molecular flexibility index (Phi) is 3.91. The lowest BCUT2D eigenvalue weighted by Gasteiger charge is -2.00. The molecule has 0 atom stereocenters. The number of nitro benzene ring substituents is 1. The highest BCUT2D eigenvalue weighted by Gasteiger charge is 2.11. The van der Waals surface area contributed by atoms with Crippen molar-refractivity contribution < 1.29 is 4.92 Å². The minimum atomic E-state index is -0.448. The number of benzene rings is 1. The summed E-state index contributed by atoms with van der Waals surface area (Å²) in [5.74, 6) is 0. The van der Waals surface area contributed by atoms with E-state index in [0.717, 1.165) is 11.9 Å². The molecule has 6 heteroatoms. The van der Waals surface area contributed by atoms with E-state index in [0.29, 0.717) is 4.90 Å². The van der Waals surface area contributed by atoms with E-state index in [1.165, 1.54) is 6.07 Å². The molecule has 0 radical (unpaired) electrons. The standard InChI is InChI=1S/C8H7N3O2S/c9-5-6-10-14-8-4-2-1-3-7(8)11(12)13/h1-4,10H,6H2. The molecule has 0 saturated carbocycles. The van der Waals surface area contributed by atoms with Gasteiger partial charge < -0.3 is 0 Å². The van der Waals surface area contributed by atoms with Crippen LogP contribution < -0.4 is 4.72 Å². The molecule has 0 aliphatic carbocycles. The predicted molar refractivity (Wildman–Crippen MR) is 52.6 cm³/mol. The third-order valence-electron chi connectivity index (χ3n) is 1.40. The molecular weight excluding hydrogens is 202 g/mol. The minimum Gasteiger partial charge on any atom is -0.258 e. The van der Waals surface area contributed by atoms with Gasteiger partial charge in [0.25, 0.3) is 5.69 Å². The van der Waals surface area contributed by atoms with Crippen molar-refractivity contribution >= 4 is 17.6 Å². The molecule has 0 spiro atoms. The van der Waals surface area contributed by atoms with Crippen LogP contribution in [0, 0.1) is 21.4 Å². The Morgan fingerprint density at radius 1 is 1.57 bits per heavy atom. The van der Waals surface area contributed by atoms with Crippen molar-refractivity contribution in [3.63, 3.8) is 0 Å². The van der Waals surface area contributed by atoms with E-state index in [1.54, 1.807) is 18.2 Å². The first-order valence-electron chi connectivity index (χ1n) is 3.76. The van der Waals surface area contributed by atoms with Crippen molar-refractivity contribution in [2.45, 2.75) is 4.90 Å². The highest BCUT2D eigenvalue weighted by molar-refractivity contribution is 7.97. The fourth-order valence-corrected chi connectivity index (χ4v) is 1.53. The van der Waals surface area contributed by atoms with Gasteiger partial charge in [0.05, 0.1) is 17.5 Å². The number of rotatable bonds is 4. The second kappa shape index (κ2) is 5.21. The number of hydrogen-bond donors (Lipinski definition) is 1. The fourth-order valence-electron chi connectivity index (χ4n) is 0.840. The summed E-state index contributed by atoms with van der Waals surface area (Å²) in [6.45, 7) is 0.150. The lowest BCUT2D eigenvalue weighted by atomic mass is 10.3. The first-order chi connectivity index (χ1) is 6.75. The molecule has 0 unspecified atom stereocenters. The largest absolute Gasteiger partial charge is 0.284 e. The normalized spacial score (nSPS) is 9.36. The summed E-state index contributed by atoms with van der Waals surface area (Å²) in [7, 11) is 0. The van der Waals surface area contributed by atoms with Crippen LogP contribution in [-0.2, 0) is 0 Å². The average Bonchev–Trinajstić information content (AvgIpc) is 2.19. The molecule has 1 aromatic carbocycles. The summed E-state index contributed by atoms with van der Waals surface area (Å²) in [4.78, 5) is 10.6. The third-order valence-corrected chi connectivity index (χ3v) is 2.25. The quantitative estimate of drug-likeness (QED) is 0.268. The van der Waals surface area contributed by atoms with Crippen LogP contribution in [0.25, 0.3) is 0 Å².